The standard InChI is InChI=1S/C19H18N2O3/c1-12-5-4-6-13(9-12)10-15-19(22)21-18(20-15)14-7-8-16(23-2)17(11-14)24-3/h4-11H,1-3H3,(H,20,21,22)/b15-10+. The molecular weight excluding hydrogens is 304 g/mol. The van der Waals surface area contributed by atoms with Crippen molar-refractivity contribution < 1.29 is 14.3 Å². The number of amidine groups is 1. The van der Waals surface area contributed by atoms with Gasteiger partial charge in [0.1, 0.15) is 11.5 Å². The van der Waals surface area contributed by atoms with E-state index in [9.17, 15) is 4.79 Å². The molecule has 1 amide bonds. The molecule has 0 radical (unpaired) electrons. The molecule has 0 saturated heterocycles. The quantitative estimate of drug-likeness (QED) is 0.881. The molecule has 0 aliphatic carbocycles. The molecule has 0 atom stereocenters. The zero-order valence-corrected chi connectivity index (χ0v) is 13.8. The summed E-state index contributed by atoms with van der Waals surface area (Å²) in [6, 6.07) is 13.3. The van der Waals surface area contributed by atoms with Gasteiger partial charge in [-0.05, 0) is 36.8 Å². The average molecular weight is 322 g/mol. The van der Waals surface area contributed by atoms with Crippen LogP contribution in [0.5, 0.6) is 11.5 Å². The Labute approximate surface area is 140 Å². The monoisotopic (exact) mass is 322 g/mol. The number of rotatable bonds is 4. The Morgan fingerprint density at radius 3 is 2.54 bits per heavy atom. The summed E-state index contributed by atoms with van der Waals surface area (Å²) in [6.07, 6.45) is 1.77. The minimum Gasteiger partial charge on any atom is -0.493 e. The van der Waals surface area contributed by atoms with Crippen molar-refractivity contribution in [1.82, 2.24) is 5.32 Å². The van der Waals surface area contributed by atoms with Crippen molar-refractivity contribution in [1.29, 1.82) is 0 Å². The van der Waals surface area contributed by atoms with Crippen LogP contribution in [0.3, 0.4) is 0 Å². The Balaban J connectivity index is 1.94. The summed E-state index contributed by atoms with van der Waals surface area (Å²) in [5, 5.41) is 2.79. The maximum Gasteiger partial charge on any atom is 0.275 e. The van der Waals surface area contributed by atoms with Crippen molar-refractivity contribution in [3.05, 3.63) is 64.9 Å². The van der Waals surface area contributed by atoms with Gasteiger partial charge in [-0.1, -0.05) is 29.8 Å². The molecule has 2 aromatic carbocycles. The van der Waals surface area contributed by atoms with Crippen molar-refractivity contribution >= 4 is 17.8 Å². The van der Waals surface area contributed by atoms with Gasteiger partial charge in [0.2, 0.25) is 0 Å². The largest absolute Gasteiger partial charge is 0.493 e. The van der Waals surface area contributed by atoms with E-state index in [1.165, 1.54) is 0 Å². The second-order valence-electron chi connectivity index (χ2n) is 5.43. The minimum absolute atomic E-state index is 0.221. The number of methoxy groups -OCH3 is 2. The summed E-state index contributed by atoms with van der Waals surface area (Å²) in [5.74, 6) is 1.49. The number of aryl methyl sites for hydroxylation is 1. The average Bonchev–Trinajstić information content (AvgIpc) is 2.95. The fraction of sp³-hybridized carbons (Fsp3) is 0.158. The Morgan fingerprint density at radius 1 is 1.04 bits per heavy atom. The molecular formula is C19H18N2O3. The number of hydrogen-bond donors (Lipinski definition) is 1. The van der Waals surface area contributed by atoms with Crippen molar-refractivity contribution in [2.45, 2.75) is 6.92 Å². The number of ether oxygens (including phenoxy) is 2. The first-order valence-corrected chi connectivity index (χ1v) is 7.51. The number of carbonyl (C=O) groups is 1. The highest BCUT2D eigenvalue weighted by molar-refractivity contribution is 6.19. The second-order valence-corrected chi connectivity index (χ2v) is 5.43. The number of hydrogen-bond acceptors (Lipinski definition) is 4. The summed E-state index contributed by atoms with van der Waals surface area (Å²) in [7, 11) is 3.15. The Morgan fingerprint density at radius 2 is 1.83 bits per heavy atom. The molecule has 0 aromatic heterocycles. The van der Waals surface area contributed by atoms with Crippen LogP contribution in [0.4, 0.5) is 0 Å². The van der Waals surface area contributed by atoms with Crippen LogP contribution in [0.25, 0.3) is 6.08 Å². The maximum atomic E-state index is 12.2. The first-order chi connectivity index (χ1) is 11.6. The Kier molecular flexibility index (Phi) is 4.33. The lowest BCUT2D eigenvalue weighted by molar-refractivity contribution is -0.115. The van der Waals surface area contributed by atoms with E-state index >= 15 is 0 Å². The van der Waals surface area contributed by atoms with Crippen LogP contribution in [-0.2, 0) is 4.79 Å². The fourth-order valence-electron chi connectivity index (χ4n) is 2.51. The molecule has 0 bridgehead atoms. The minimum atomic E-state index is -0.221. The van der Waals surface area contributed by atoms with E-state index in [0.29, 0.717) is 23.0 Å². The van der Waals surface area contributed by atoms with Crippen LogP contribution in [0.1, 0.15) is 16.7 Å². The van der Waals surface area contributed by atoms with Gasteiger partial charge in [0.25, 0.3) is 5.91 Å². The van der Waals surface area contributed by atoms with E-state index in [4.69, 9.17) is 9.47 Å². The zero-order chi connectivity index (χ0) is 17.1. The highest BCUT2D eigenvalue weighted by Crippen LogP contribution is 2.28. The van der Waals surface area contributed by atoms with Crippen molar-refractivity contribution in [3.8, 4) is 11.5 Å². The van der Waals surface area contributed by atoms with Gasteiger partial charge in [-0.2, -0.15) is 0 Å². The van der Waals surface area contributed by atoms with Gasteiger partial charge in [-0.15, -0.1) is 0 Å². The number of nitrogens with zero attached hydrogens (tertiary/aromatic N) is 1. The van der Waals surface area contributed by atoms with Crippen LogP contribution in [0.2, 0.25) is 0 Å². The van der Waals surface area contributed by atoms with Crippen LogP contribution in [0, 0.1) is 6.92 Å². The molecule has 1 aliphatic rings. The molecule has 2 aromatic rings. The molecule has 0 spiro atoms. The van der Waals surface area contributed by atoms with Crippen LogP contribution in [0.15, 0.2) is 53.2 Å². The molecule has 5 heteroatoms. The lowest BCUT2D eigenvalue weighted by Gasteiger charge is -2.09. The smallest absolute Gasteiger partial charge is 0.275 e. The third-order valence-electron chi connectivity index (χ3n) is 3.70. The fourth-order valence-corrected chi connectivity index (χ4v) is 2.51. The maximum absolute atomic E-state index is 12.2. The first-order valence-electron chi connectivity index (χ1n) is 7.51. The molecule has 1 heterocycles. The van der Waals surface area contributed by atoms with Gasteiger partial charge >= 0.3 is 0 Å². The summed E-state index contributed by atoms with van der Waals surface area (Å²) >= 11 is 0. The molecule has 3 rings (SSSR count). The van der Waals surface area contributed by atoms with Crippen molar-refractivity contribution in [3.63, 3.8) is 0 Å². The second kappa shape index (κ2) is 6.58. The van der Waals surface area contributed by atoms with E-state index in [2.05, 4.69) is 10.3 Å². The summed E-state index contributed by atoms with van der Waals surface area (Å²) in [6.45, 7) is 2.01. The summed E-state index contributed by atoms with van der Waals surface area (Å²) in [4.78, 5) is 16.6. The number of amides is 1. The molecule has 24 heavy (non-hydrogen) atoms. The van der Waals surface area contributed by atoms with Gasteiger partial charge in [0, 0.05) is 5.56 Å². The SMILES string of the molecule is COc1ccc(C2=N/C(=C/c3cccc(C)c3)C(=O)N2)cc1OC. The predicted octanol–water partition coefficient (Wildman–Crippen LogP) is 2.93. The molecule has 122 valence electrons. The van der Waals surface area contributed by atoms with Gasteiger partial charge in [-0.25, -0.2) is 4.99 Å². The molecule has 1 N–H and O–H groups in total. The number of nitrogens with one attached hydrogen (secondary N) is 1. The summed E-state index contributed by atoms with van der Waals surface area (Å²) in [5.41, 5.74) is 3.21. The molecule has 0 fully saturated rings. The van der Waals surface area contributed by atoms with E-state index in [-0.39, 0.29) is 5.91 Å². The van der Waals surface area contributed by atoms with E-state index < -0.39 is 0 Å². The Hall–Kier alpha value is -3.08. The predicted molar refractivity (Wildman–Crippen MR) is 93.4 cm³/mol. The van der Waals surface area contributed by atoms with Crippen LogP contribution < -0.4 is 14.8 Å². The number of benzene rings is 2. The Bertz CT molecular complexity index is 853. The molecule has 0 saturated carbocycles. The lowest BCUT2D eigenvalue weighted by Crippen LogP contribution is -2.24. The van der Waals surface area contributed by atoms with Gasteiger partial charge in [0.05, 0.1) is 14.2 Å². The highest BCUT2D eigenvalue weighted by Gasteiger charge is 2.22. The lowest BCUT2D eigenvalue weighted by atomic mass is 10.1. The first kappa shape index (κ1) is 15.8. The van der Waals surface area contributed by atoms with E-state index in [1.54, 1.807) is 32.4 Å². The third-order valence-corrected chi connectivity index (χ3v) is 3.70. The molecule has 0 unspecified atom stereocenters. The number of aliphatic imine (C=N–C) groups is 1. The van der Waals surface area contributed by atoms with E-state index in [0.717, 1.165) is 16.7 Å². The third kappa shape index (κ3) is 3.15. The van der Waals surface area contributed by atoms with Crippen molar-refractivity contribution in [2.24, 2.45) is 4.99 Å². The summed E-state index contributed by atoms with van der Waals surface area (Å²) < 4.78 is 10.5. The zero-order valence-electron chi connectivity index (χ0n) is 13.8. The van der Waals surface area contributed by atoms with Crippen LogP contribution in [-0.4, -0.2) is 26.0 Å². The van der Waals surface area contributed by atoms with Gasteiger partial charge in [0.15, 0.2) is 11.5 Å². The normalized spacial score (nSPS) is 15.2. The van der Waals surface area contributed by atoms with Gasteiger partial charge in [-0.3, -0.25) is 4.79 Å². The molecule has 1 aliphatic heterocycles. The topological polar surface area (TPSA) is 59.9 Å². The van der Waals surface area contributed by atoms with Crippen molar-refractivity contribution in [2.75, 3.05) is 14.2 Å². The van der Waals surface area contributed by atoms with E-state index in [1.807, 2.05) is 37.3 Å². The molecule has 5 nitrogen and oxygen atoms in total. The highest BCUT2D eigenvalue weighted by atomic mass is 16.5. The number of carbonyl (C=O) groups excluding carboxylic acids is 1. The van der Waals surface area contributed by atoms with Gasteiger partial charge < -0.3 is 14.8 Å². The van der Waals surface area contributed by atoms with Crippen LogP contribution >= 0.6 is 0 Å².